The van der Waals surface area contributed by atoms with E-state index in [9.17, 15) is 9.59 Å². The summed E-state index contributed by atoms with van der Waals surface area (Å²) >= 11 is 9.91. The first kappa shape index (κ1) is 18.8. The van der Waals surface area contributed by atoms with Gasteiger partial charge in [0, 0.05) is 23.1 Å². The Morgan fingerprint density at radius 1 is 1.15 bits per heavy atom. The molecule has 2 amide bonds. The predicted octanol–water partition coefficient (Wildman–Crippen LogP) is 4.68. The molecule has 0 saturated carbocycles. The zero-order valence-electron chi connectivity index (χ0n) is 13.6. The molecule has 1 fully saturated rings. The Labute approximate surface area is 169 Å². The first-order valence-corrected chi connectivity index (χ1v) is 9.90. The van der Waals surface area contributed by atoms with E-state index in [1.807, 2.05) is 60.7 Å². The van der Waals surface area contributed by atoms with Crippen LogP contribution in [-0.2, 0) is 9.59 Å². The van der Waals surface area contributed by atoms with Crippen molar-refractivity contribution in [2.45, 2.75) is 6.42 Å². The number of carbonyl (C=O) groups excluding carboxylic acids is 2. The monoisotopic (exact) mass is 446 g/mol. The van der Waals surface area contributed by atoms with Crippen LogP contribution in [0.15, 0.2) is 64.0 Å². The largest absolute Gasteiger partial charge is 0.326 e. The maximum Gasteiger partial charge on any atom is 0.266 e. The molecule has 1 aliphatic heterocycles. The summed E-state index contributed by atoms with van der Waals surface area (Å²) in [5.74, 6) is -0.311. The molecule has 26 heavy (non-hydrogen) atoms. The zero-order chi connectivity index (χ0) is 18.5. The number of thioether (sulfide) groups is 1. The van der Waals surface area contributed by atoms with Crippen molar-refractivity contribution in [2.24, 2.45) is 0 Å². The summed E-state index contributed by atoms with van der Waals surface area (Å²) in [7, 11) is 0. The molecule has 0 aromatic heterocycles. The summed E-state index contributed by atoms with van der Waals surface area (Å²) in [6.07, 6.45) is 2.00. The summed E-state index contributed by atoms with van der Waals surface area (Å²) in [5.41, 5.74) is 1.66. The molecular formula is C19H15BrN2O2S2. The number of thiocarbonyl (C=S) groups is 1. The topological polar surface area (TPSA) is 49.4 Å². The lowest BCUT2D eigenvalue weighted by Crippen LogP contribution is -2.31. The van der Waals surface area contributed by atoms with Gasteiger partial charge in [0.25, 0.3) is 5.91 Å². The molecule has 132 valence electrons. The van der Waals surface area contributed by atoms with E-state index in [2.05, 4.69) is 21.2 Å². The van der Waals surface area contributed by atoms with Crippen molar-refractivity contribution in [3.8, 4) is 0 Å². The van der Waals surface area contributed by atoms with Gasteiger partial charge in [-0.15, -0.1) is 0 Å². The van der Waals surface area contributed by atoms with Crippen LogP contribution in [0.25, 0.3) is 6.08 Å². The highest BCUT2D eigenvalue weighted by Gasteiger charge is 2.32. The minimum absolute atomic E-state index is 0.153. The van der Waals surface area contributed by atoms with Gasteiger partial charge < -0.3 is 5.32 Å². The second-order valence-electron chi connectivity index (χ2n) is 5.55. The highest BCUT2D eigenvalue weighted by molar-refractivity contribution is 9.10. The van der Waals surface area contributed by atoms with Gasteiger partial charge in [0.2, 0.25) is 5.91 Å². The molecule has 1 aliphatic rings. The summed E-state index contributed by atoms with van der Waals surface area (Å²) in [6, 6.07) is 16.9. The SMILES string of the molecule is O=C(CCN1C(=O)/C(=C/c2ccccc2)SC1=S)Nc1ccc(Br)cc1. The number of carbonyl (C=O) groups is 2. The van der Waals surface area contributed by atoms with Gasteiger partial charge in [-0.2, -0.15) is 0 Å². The Hall–Kier alpha value is -1.96. The van der Waals surface area contributed by atoms with Crippen LogP contribution in [0.1, 0.15) is 12.0 Å². The molecular weight excluding hydrogens is 432 g/mol. The van der Waals surface area contributed by atoms with Crippen molar-refractivity contribution >= 4 is 67.8 Å². The summed E-state index contributed by atoms with van der Waals surface area (Å²) in [5, 5.41) is 2.81. The number of hydrogen-bond donors (Lipinski definition) is 1. The molecule has 1 N–H and O–H groups in total. The molecule has 4 nitrogen and oxygen atoms in total. The lowest BCUT2D eigenvalue weighted by atomic mass is 10.2. The maximum atomic E-state index is 12.5. The fourth-order valence-electron chi connectivity index (χ4n) is 2.36. The van der Waals surface area contributed by atoms with Crippen LogP contribution < -0.4 is 5.32 Å². The van der Waals surface area contributed by atoms with Crippen LogP contribution in [0.5, 0.6) is 0 Å². The van der Waals surface area contributed by atoms with Crippen molar-refractivity contribution in [2.75, 3.05) is 11.9 Å². The molecule has 2 aromatic rings. The molecule has 7 heteroatoms. The van der Waals surface area contributed by atoms with Crippen LogP contribution in [0.3, 0.4) is 0 Å². The molecule has 0 unspecified atom stereocenters. The maximum absolute atomic E-state index is 12.5. The Morgan fingerprint density at radius 3 is 2.54 bits per heavy atom. The Balaban J connectivity index is 1.58. The fourth-order valence-corrected chi connectivity index (χ4v) is 3.94. The summed E-state index contributed by atoms with van der Waals surface area (Å²) in [6.45, 7) is 0.263. The van der Waals surface area contributed by atoms with Gasteiger partial charge in [-0.3, -0.25) is 14.5 Å². The summed E-state index contributed by atoms with van der Waals surface area (Å²) < 4.78 is 1.42. The molecule has 2 aromatic carbocycles. The molecule has 0 bridgehead atoms. The molecule has 0 spiro atoms. The fraction of sp³-hybridized carbons (Fsp3) is 0.105. The van der Waals surface area contributed by atoms with E-state index >= 15 is 0 Å². The Kier molecular flexibility index (Phi) is 6.24. The highest BCUT2D eigenvalue weighted by atomic mass is 79.9. The lowest BCUT2D eigenvalue weighted by Gasteiger charge is -2.14. The van der Waals surface area contributed by atoms with Crippen molar-refractivity contribution in [1.29, 1.82) is 0 Å². The van der Waals surface area contributed by atoms with E-state index in [0.29, 0.717) is 14.9 Å². The first-order chi connectivity index (χ1) is 12.5. The zero-order valence-corrected chi connectivity index (χ0v) is 16.9. The van der Waals surface area contributed by atoms with Crippen LogP contribution in [-0.4, -0.2) is 27.6 Å². The van der Waals surface area contributed by atoms with Gasteiger partial charge in [-0.25, -0.2) is 0 Å². The number of nitrogens with zero attached hydrogens (tertiary/aromatic N) is 1. The summed E-state index contributed by atoms with van der Waals surface area (Å²) in [4.78, 5) is 26.7. The molecule has 0 atom stereocenters. The van der Waals surface area contributed by atoms with Crippen molar-refractivity contribution < 1.29 is 9.59 Å². The third kappa shape index (κ3) is 4.81. The number of nitrogens with one attached hydrogen (secondary N) is 1. The van der Waals surface area contributed by atoms with Gasteiger partial charge >= 0.3 is 0 Å². The van der Waals surface area contributed by atoms with Crippen LogP contribution in [0.4, 0.5) is 5.69 Å². The van der Waals surface area contributed by atoms with E-state index in [1.165, 1.54) is 16.7 Å². The predicted molar refractivity (Wildman–Crippen MR) is 114 cm³/mol. The number of anilines is 1. The number of amides is 2. The number of benzene rings is 2. The number of hydrogen-bond acceptors (Lipinski definition) is 4. The minimum atomic E-state index is -0.159. The first-order valence-electron chi connectivity index (χ1n) is 7.89. The minimum Gasteiger partial charge on any atom is -0.326 e. The van der Waals surface area contributed by atoms with Gasteiger partial charge in [-0.1, -0.05) is 70.2 Å². The number of halogens is 1. The van der Waals surface area contributed by atoms with Crippen molar-refractivity contribution in [3.05, 3.63) is 69.5 Å². The second kappa shape index (κ2) is 8.62. The third-order valence-electron chi connectivity index (χ3n) is 3.66. The van der Waals surface area contributed by atoms with E-state index in [1.54, 1.807) is 0 Å². The molecule has 0 radical (unpaired) electrons. The molecule has 0 aliphatic carbocycles. The van der Waals surface area contributed by atoms with Crippen molar-refractivity contribution in [1.82, 2.24) is 4.90 Å². The van der Waals surface area contributed by atoms with Gasteiger partial charge in [0.15, 0.2) is 0 Å². The van der Waals surface area contributed by atoms with Crippen LogP contribution in [0.2, 0.25) is 0 Å². The standard InChI is InChI=1S/C19H15BrN2O2S2/c20-14-6-8-15(9-7-14)21-17(23)10-11-22-18(24)16(26-19(22)25)12-13-4-2-1-3-5-13/h1-9,12H,10-11H2,(H,21,23)/b16-12-. The molecule has 3 rings (SSSR count). The molecule has 1 saturated heterocycles. The van der Waals surface area contributed by atoms with E-state index in [4.69, 9.17) is 12.2 Å². The lowest BCUT2D eigenvalue weighted by molar-refractivity contribution is -0.122. The average molecular weight is 447 g/mol. The van der Waals surface area contributed by atoms with Gasteiger partial charge in [-0.05, 0) is 35.9 Å². The molecule has 1 heterocycles. The quantitative estimate of drug-likeness (QED) is 0.534. The normalized spacial score (nSPS) is 15.6. The van der Waals surface area contributed by atoms with Crippen LogP contribution in [0, 0.1) is 0 Å². The van der Waals surface area contributed by atoms with Gasteiger partial charge in [0.05, 0.1) is 4.91 Å². The van der Waals surface area contributed by atoms with E-state index in [-0.39, 0.29) is 24.8 Å². The Morgan fingerprint density at radius 2 is 1.85 bits per heavy atom. The third-order valence-corrected chi connectivity index (χ3v) is 5.57. The van der Waals surface area contributed by atoms with Crippen molar-refractivity contribution in [3.63, 3.8) is 0 Å². The van der Waals surface area contributed by atoms with E-state index in [0.717, 1.165) is 10.0 Å². The average Bonchev–Trinajstić information content (AvgIpc) is 2.89. The number of rotatable bonds is 5. The smallest absolute Gasteiger partial charge is 0.266 e. The second-order valence-corrected chi connectivity index (χ2v) is 8.14. The van der Waals surface area contributed by atoms with Gasteiger partial charge in [0.1, 0.15) is 4.32 Å². The van der Waals surface area contributed by atoms with Crippen LogP contribution >= 0.6 is 39.9 Å². The Bertz CT molecular complexity index is 867. The van der Waals surface area contributed by atoms with E-state index < -0.39 is 0 Å². The highest BCUT2D eigenvalue weighted by Crippen LogP contribution is 2.32.